The van der Waals surface area contributed by atoms with Gasteiger partial charge in [-0.3, -0.25) is 0 Å². The van der Waals surface area contributed by atoms with E-state index in [9.17, 15) is 4.39 Å². The second kappa shape index (κ2) is 5.00. The summed E-state index contributed by atoms with van der Waals surface area (Å²) in [6, 6.07) is 13.4. The molecule has 2 aromatic carbocycles. The predicted molar refractivity (Wildman–Crippen MR) is 81.4 cm³/mol. The maximum atomic E-state index is 13.2. The summed E-state index contributed by atoms with van der Waals surface area (Å²) in [6.45, 7) is 2.50. The van der Waals surface area contributed by atoms with Gasteiger partial charge in [0.05, 0.1) is 0 Å². The van der Waals surface area contributed by atoms with Crippen molar-refractivity contribution in [2.45, 2.75) is 13.5 Å². The van der Waals surface area contributed by atoms with Crippen molar-refractivity contribution in [3.8, 4) is 0 Å². The lowest BCUT2D eigenvalue weighted by Gasteiger charge is -2.07. The second-order valence-corrected chi connectivity index (χ2v) is 5.10. The zero-order chi connectivity index (χ0) is 14.1. The zero-order valence-corrected chi connectivity index (χ0v) is 11.7. The van der Waals surface area contributed by atoms with Gasteiger partial charge in [-0.05, 0) is 42.3 Å². The predicted octanol–water partition coefficient (Wildman–Crippen LogP) is 4.24. The lowest BCUT2D eigenvalue weighted by molar-refractivity contribution is 0.618. The van der Waals surface area contributed by atoms with Gasteiger partial charge in [-0.15, -0.1) is 0 Å². The van der Waals surface area contributed by atoms with E-state index in [4.69, 9.17) is 0 Å². The number of halogens is 1. The lowest BCUT2D eigenvalue weighted by Crippen LogP contribution is -1.99. The van der Waals surface area contributed by atoms with E-state index in [1.165, 1.54) is 22.5 Å². The molecule has 3 aromatic rings. The van der Waals surface area contributed by atoms with Crippen LogP contribution in [-0.4, -0.2) is 4.57 Å². The third kappa shape index (κ3) is 2.27. The molecule has 0 amide bonds. The highest BCUT2D eigenvalue weighted by Gasteiger charge is 2.06. The smallest absolute Gasteiger partial charge is 0.126 e. The van der Waals surface area contributed by atoms with E-state index < -0.39 is 0 Å². The van der Waals surface area contributed by atoms with Gasteiger partial charge in [-0.1, -0.05) is 18.2 Å². The molecule has 0 unspecified atom stereocenters. The number of rotatable bonds is 3. The number of anilines is 1. The van der Waals surface area contributed by atoms with Crippen LogP contribution in [0.15, 0.2) is 48.7 Å². The minimum Gasteiger partial charge on any atom is -0.381 e. The van der Waals surface area contributed by atoms with Crippen LogP contribution in [0.4, 0.5) is 10.1 Å². The summed E-state index contributed by atoms with van der Waals surface area (Å²) >= 11 is 0. The van der Waals surface area contributed by atoms with Gasteiger partial charge in [0.1, 0.15) is 5.82 Å². The minimum atomic E-state index is -0.166. The molecular weight excluding hydrogens is 251 g/mol. The van der Waals surface area contributed by atoms with Crippen molar-refractivity contribution >= 4 is 16.6 Å². The van der Waals surface area contributed by atoms with Crippen molar-refractivity contribution in [1.29, 1.82) is 0 Å². The second-order valence-electron chi connectivity index (χ2n) is 5.10. The maximum Gasteiger partial charge on any atom is 0.126 e. The Morgan fingerprint density at radius 1 is 1.15 bits per heavy atom. The highest BCUT2D eigenvalue weighted by molar-refractivity contribution is 5.84. The average molecular weight is 268 g/mol. The normalized spacial score (nSPS) is 10.9. The number of benzene rings is 2. The Bertz CT molecular complexity index is 759. The number of para-hydroxylation sites is 1. The van der Waals surface area contributed by atoms with Gasteiger partial charge < -0.3 is 9.88 Å². The van der Waals surface area contributed by atoms with Crippen LogP contribution < -0.4 is 5.32 Å². The fraction of sp³-hybridized carbons (Fsp3) is 0.176. The lowest BCUT2D eigenvalue weighted by atomic mass is 10.1. The van der Waals surface area contributed by atoms with Crippen LogP contribution in [0.5, 0.6) is 0 Å². The fourth-order valence-electron chi connectivity index (χ4n) is 2.52. The van der Waals surface area contributed by atoms with Gasteiger partial charge in [0, 0.05) is 36.4 Å². The number of aromatic nitrogens is 1. The maximum absolute atomic E-state index is 13.2. The quantitative estimate of drug-likeness (QED) is 0.752. The van der Waals surface area contributed by atoms with Gasteiger partial charge in [0.25, 0.3) is 0 Å². The van der Waals surface area contributed by atoms with Crippen LogP contribution in [0.1, 0.15) is 11.1 Å². The standard InChI is InChI=1S/C17H17FN2/c1-12-9-14(7-8-16(12)18)19-10-13-11-20(2)17-6-4-3-5-15(13)17/h3-9,11,19H,10H2,1-2H3. The summed E-state index contributed by atoms with van der Waals surface area (Å²) in [5, 5.41) is 4.61. The molecule has 1 aromatic heterocycles. The molecule has 0 aliphatic carbocycles. The van der Waals surface area contributed by atoms with Gasteiger partial charge >= 0.3 is 0 Å². The zero-order valence-electron chi connectivity index (χ0n) is 11.7. The van der Waals surface area contributed by atoms with Gasteiger partial charge in [0.15, 0.2) is 0 Å². The van der Waals surface area contributed by atoms with E-state index in [-0.39, 0.29) is 5.82 Å². The Morgan fingerprint density at radius 2 is 1.95 bits per heavy atom. The molecule has 1 N–H and O–H groups in total. The number of nitrogens with one attached hydrogen (secondary N) is 1. The molecular formula is C17H17FN2. The summed E-state index contributed by atoms with van der Waals surface area (Å²) in [7, 11) is 2.05. The molecule has 3 rings (SSSR count). The molecule has 0 radical (unpaired) electrons. The molecule has 0 spiro atoms. The average Bonchev–Trinajstić information content (AvgIpc) is 2.78. The van der Waals surface area contributed by atoms with Crippen LogP contribution in [-0.2, 0) is 13.6 Å². The Labute approximate surface area is 117 Å². The van der Waals surface area contributed by atoms with E-state index in [0.29, 0.717) is 5.56 Å². The Balaban J connectivity index is 1.85. The number of fused-ring (bicyclic) bond motifs is 1. The number of hydrogen-bond acceptors (Lipinski definition) is 1. The molecule has 0 aliphatic heterocycles. The number of hydrogen-bond donors (Lipinski definition) is 1. The van der Waals surface area contributed by atoms with E-state index in [1.54, 1.807) is 13.0 Å². The number of nitrogens with zero attached hydrogens (tertiary/aromatic N) is 1. The Morgan fingerprint density at radius 3 is 2.75 bits per heavy atom. The van der Waals surface area contributed by atoms with Crippen molar-refractivity contribution in [2.75, 3.05) is 5.32 Å². The largest absolute Gasteiger partial charge is 0.381 e. The van der Waals surface area contributed by atoms with Crippen molar-refractivity contribution in [3.05, 3.63) is 65.6 Å². The molecule has 2 nitrogen and oxygen atoms in total. The van der Waals surface area contributed by atoms with Gasteiger partial charge in [-0.25, -0.2) is 4.39 Å². The van der Waals surface area contributed by atoms with Crippen molar-refractivity contribution in [2.24, 2.45) is 7.05 Å². The summed E-state index contributed by atoms with van der Waals surface area (Å²) in [5.74, 6) is -0.166. The monoisotopic (exact) mass is 268 g/mol. The molecule has 0 atom stereocenters. The van der Waals surface area contributed by atoms with Crippen LogP contribution >= 0.6 is 0 Å². The minimum absolute atomic E-state index is 0.166. The van der Waals surface area contributed by atoms with Crippen molar-refractivity contribution in [3.63, 3.8) is 0 Å². The first-order valence-electron chi connectivity index (χ1n) is 6.68. The summed E-state index contributed by atoms with van der Waals surface area (Å²) in [4.78, 5) is 0. The first kappa shape index (κ1) is 12.7. The molecule has 1 heterocycles. The summed E-state index contributed by atoms with van der Waals surface area (Å²) in [6.07, 6.45) is 2.13. The molecule has 0 fully saturated rings. The number of aryl methyl sites for hydroxylation is 2. The highest BCUT2D eigenvalue weighted by atomic mass is 19.1. The highest BCUT2D eigenvalue weighted by Crippen LogP contribution is 2.22. The van der Waals surface area contributed by atoms with E-state index in [0.717, 1.165) is 12.2 Å². The topological polar surface area (TPSA) is 17.0 Å². The van der Waals surface area contributed by atoms with Crippen molar-refractivity contribution < 1.29 is 4.39 Å². The molecule has 102 valence electrons. The molecule has 20 heavy (non-hydrogen) atoms. The van der Waals surface area contributed by atoms with Crippen LogP contribution in [0, 0.1) is 12.7 Å². The molecule has 3 heteroatoms. The third-order valence-corrected chi connectivity index (χ3v) is 3.62. The Kier molecular flexibility index (Phi) is 3.18. The van der Waals surface area contributed by atoms with Crippen molar-refractivity contribution in [1.82, 2.24) is 4.57 Å². The first-order valence-corrected chi connectivity index (χ1v) is 6.68. The van der Waals surface area contributed by atoms with E-state index in [2.05, 4.69) is 28.2 Å². The van der Waals surface area contributed by atoms with Crippen LogP contribution in [0.2, 0.25) is 0 Å². The SMILES string of the molecule is Cc1cc(NCc2cn(C)c3ccccc23)ccc1F. The molecule has 0 bridgehead atoms. The summed E-state index contributed by atoms with van der Waals surface area (Å²) in [5.41, 5.74) is 4.06. The van der Waals surface area contributed by atoms with Gasteiger partial charge in [0.2, 0.25) is 0 Å². The fourth-order valence-corrected chi connectivity index (χ4v) is 2.52. The molecule has 0 saturated heterocycles. The Hall–Kier alpha value is -2.29. The van der Waals surface area contributed by atoms with Crippen LogP contribution in [0.3, 0.4) is 0 Å². The van der Waals surface area contributed by atoms with E-state index >= 15 is 0 Å². The third-order valence-electron chi connectivity index (χ3n) is 3.62. The molecule has 0 aliphatic rings. The van der Waals surface area contributed by atoms with Crippen LogP contribution in [0.25, 0.3) is 10.9 Å². The van der Waals surface area contributed by atoms with Gasteiger partial charge in [-0.2, -0.15) is 0 Å². The molecule has 0 saturated carbocycles. The first-order chi connectivity index (χ1) is 9.65. The van der Waals surface area contributed by atoms with E-state index in [1.807, 2.05) is 25.2 Å². The summed E-state index contributed by atoms with van der Waals surface area (Å²) < 4.78 is 15.4.